The fraction of sp³-hybridized carbons (Fsp3) is 0.545. The monoisotopic (exact) mass is 444 g/mol. The van der Waals surface area contributed by atoms with E-state index in [-0.39, 0.29) is 0 Å². The van der Waals surface area contributed by atoms with Gasteiger partial charge in [0.25, 0.3) is 0 Å². The van der Waals surface area contributed by atoms with Gasteiger partial charge in [-0.2, -0.15) is 4.31 Å². The Kier molecular flexibility index (Phi) is 6.74. The Morgan fingerprint density at radius 2 is 1.26 bits per heavy atom. The highest BCUT2D eigenvalue weighted by Crippen LogP contribution is 2.22. The van der Waals surface area contributed by atoms with E-state index in [4.69, 9.17) is 0 Å². The molecule has 4 rings (SSSR count). The van der Waals surface area contributed by atoms with Gasteiger partial charge >= 0.3 is 0 Å². The summed E-state index contributed by atoms with van der Waals surface area (Å²) < 4.78 is 27.5. The van der Waals surface area contributed by atoms with Gasteiger partial charge in [-0.05, 0) is 42.8 Å². The highest BCUT2D eigenvalue weighted by atomic mass is 32.2. The molecule has 0 aliphatic carbocycles. The van der Waals surface area contributed by atoms with Crippen molar-refractivity contribution in [1.82, 2.24) is 19.4 Å². The second-order valence-electron chi connectivity index (χ2n) is 8.06. The van der Waals surface area contributed by atoms with Crippen LogP contribution in [0.5, 0.6) is 0 Å². The number of likely N-dealkylation sites (N-methyl/N-ethyl adjacent to an activating group) is 1. The second kappa shape index (κ2) is 9.50. The average molecular weight is 445 g/mol. The molecule has 2 aliphatic rings. The molecule has 0 atom stereocenters. The molecule has 2 fully saturated rings. The Bertz CT molecular complexity index is 949. The molecule has 3 heterocycles. The maximum atomic E-state index is 13.0. The van der Waals surface area contributed by atoms with Crippen LogP contribution in [0.15, 0.2) is 41.3 Å². The van der Waals surface area contributed by atoms with Gasteiger partial charge in [0, 0.05) is 52.4 Å². The molecule has 0 saturated carbocycles. The third-order valence-corrected chi connectivity index (χ3v) is 8.22. The summed E-state index contributed by atoms with van der Waals surface area (Å²) in [6.45, 7) is 11.5. The third kappa shape index (κ3) is 4.83. The number of anilines is 2. The Hall–Kier alpha value is -2.23. The molecule has 0 unspecified atom stereocenters. The first-order valence-electron chi connectivity index (χ1n) is 11.2. The Morgan fingerprint density at radius 1 is 0.742 bits per heavy atom. The largest absolute Gasteiger partial charge is 0.353 e. The summed E-state index contributed by atoms with van der Waals surface area (Å²) in [5, 5.41) is 8.88. The number of aryl methyl sites for hydroxylation is 1. The quantitative estimate of drug-likeness (QED) is 0.671. The third-order valence-electron chi connectivity index (χ3n) is 6.31. The average Bonchev–Trinajstić information content (AvgIpc) is 2.84. The van der Waals surface area contributed by atoms with Gasteiger partial charge in [0.1, 0.15) is 0 Å². The van der Waals surface area contributed by atoms with Gasteiger partial charge in [-0.15, -0.1) is 10.2 Å². The maximum absolute atomic E-state index is 13.0. The minimum absolute atomic E-state index is 0.366. The van der Waals surface area contributed by atoms with Gasteiger partial charge in [0.2, 0.25) is 10.0 Å². The van der Waals surface area contributed by atoms with E-state index < -0.39 is 10.0 Å². The predicted molar refractivity (Wildman–Crippen MR) is 123 cm³/mol. The lowest BCUT2D eigenvalue weighted by molar-refractivity contribution is 0.270. The lowest BCUT2D eigenvalue weighted by Gasteiger charge is -2.35. The lowest BCUT2D eigenvalue weighted by atomic mass is 10.2. The predicted octanol–water partition coefficient (Wildman–Crippen LogP) is 1.69. The van der Waals surface area contributed by atoms with E-state index in [0.717, 1.165) is 56.3 Å². The molecule has 2 aliphatic heterocycles. The van der Waals surface area contributed by atoms with Crippen LogP contribution < -0.4 is 9.80 Å². The summed E-state index contributed by atoms with van der Waals surface area (Å²) in [7, 11) is -3.46. The summed E-state index contributed by atoms with van der Waals surface area (Å²) in [4.78, 5) is 7.18. The molecular weight excluding hydrogens is 412 g/mol. The Balaban J connectivity index is 1.35. The minimum Gasteiger partial charge on any atom is -0.353 e. The zero-order valence-corrected chi connectivity index (χ0v) is 19.3. The number of piperazine rings is 2. The summed E-state index contributed by atoms with van der Waals surface area (Å²) in [6.07, 6.45) is 0.897. The number of hydrogen-bond donors (Lipinski definition) is 0. The normalized spacial score (nSPS) is 19.0. The summed E-state index contributed by atoms with van der Waals surface area (Å²) in [5.41, 5.74) is 1.14. The van der Waals surface area contributed by atoms with Crippen molar-refractivity contribution < 1.29 is 8.42 Å². The molecular formula is C22H32N6O2S. The maximum Gasteiger partial charge on any atom is 0.243 e. The van der Waals surface area contributed by atoms with Gasteiger partial charge < -0.3 is 14.7 Å². The first-order valence-corrected chi connectivity index (χ1v) is 12.6. The molecule has 2 aromatic rings. The van der Waals surface area contributed by atoms with Gasteiger partial charge in [0.15, 0.2) is 11.6 Å². The number of sulfonamides is 1. The fourth-order valence-corrected chi connectivity index (χ4v) is 5.57. The Labute approximate surface area is 185 Å². The standard InChI is InChI=1S/C22H32N6O2S/c1-3-19-5-7-20(8-6-19)31(29,30)28-17-15-27(16-18-28)22-10-9-21(23-24-22)26-13-11-25(4-2)12-14-26/h5-10H,3-4,11-18H2,1-2H3. The number of aromatic nitrogens is 2. The van der Waals surface area contributed by atoms with Gasteiger partial charge in [-0.3, -0.25) is 0 Å². The van der Waals surface area contributed by atoms with Crippen molar-refractivity contribution in [3.8, 4) is 0 Å². The van der Waals surface area contributed by atoms with E-state index in [1.54, 1.807) is 16.4 Å². The van der Waals surface area contributed by atoms with E-state index >= 15 is 0 Å². The minimum atomic E-state index is -3.46. The van der Waals surface area contributed by atoms with E-state index in [2.05, 4.69) is 38.7 Å². The SMILES string of the molecule is CCc1ccc(S(=O)(=O)N2CCN(c3ccc(N4CCN(CC)CC4)nn3)CC2)cc1. The molecule has 0 N–H and O–H groups in total. The molecule has 0 radical (unpaired) electrons. The van der Waals surface area contributed by atoms with Crippen molar-refractivity contribution in [3.63, 3.8) is 0 Å². The zero-order chi connectivity index (χ0) is 21.8. The van der Waals surface area contributed by atoms with Crippen LogP contribution in [-0.4, -0.2) is 86.7 Å². The molecule has 0 bridgehead atoms. The fourth-order valence-electron chi connectivity index (χ4n) is 4.15. The summed E-state index contributed by atoms with van der Waals surface area (Å²) in [5.74, 6) is 1.72. The van der Waals surface area contributed by atoms with E-state index in [1.807, 2.05) is 24.3 Å². The van der Waals surface area contributed by atoms with Crippen LogP contribution in [0, 0.1) is 0 Å². The van der Waals surface area contributed by atoms with Crippen LogP contribution in [0.1, 0.15) is 19.4 Å². The van der Waals surface area contributed by atoms with Crippen molar-refractivity contribution in [2.24, 2.45) is 0 Å². The van der Waals surface area contributed by atoms with Crippen LogP contribution in [0.3, 0.4) is 0 Å². The first-order chi connectivity index (χ1) is 15.0. The highest BCUT2D eigenvalue weighted by molar-refractivity contribution is 7.89. The summed E-state index contributed by atoms with van der Waals surface area (Å²) >= 11 is 0. The molecule has 1 aromatic carbocycles. The van der Waals surface area contributed by atoms with Crippen molar-refractivity contribution in [2.75, 3.05) is 68.7 Å². The molecule has 2 saturated heterocycles. The van der Waals surface area contributed by atoms with Crippen molar-refractivity contribution in [2.45, 2.75) is 25.2 Å². The number of hydrogen-bond acceptors (Lipinski definition) is 7. The number of nitrogens with zero attached hydrogens (tertiary/aromatic N) is 6. The smallest absolute Gasteiger partial charge is 0.243 e. The molecule has 8 nitrogen and oxygen atoms in total. The van der Waals surface area contributed by atoms with Crippen LogP contribution >= 0.6 is 0 Å². The lowest BCUT2D eigenvalue weighted by Crippen LogP contribution is -2.49. The molecule has 9 heteroatoms. The van der Waals surface area contributed by atoms with Crippen molar-refractivity contribution in [3.05, 3.63) is 42.0 Å². The second-order valence-corrected chi connectivity index (χ2v) is 10.00. The van der Waals surface area contributed by atoms with Crippen LogP contribution in [0.25, 0.3) is 0 Å². The molecule has 31 heavy (non-hydrogen) atoms. The van der Waals surface area contributed by atoms with Crippen LogP contribution in [-0.2, 0) is 16.4 Å². The molecule has 1 aromatic heterocycles. The molecule has 168 valence electrons. The zero-order valence-electron chi connectivity index (χ0n) is 18.4. The van der Waals surface area contributed by atoms with Gasteiger partial charge in [-0.25, -0.2) is 8.42 Å². The van der Waals surface area contributed by atoms with Gasteiger partial charge in [0.05, 0.1) is 4.90 Å². The number of benzene rings is 1. The molecule has 0 amide bonds. The topological polar surface area (TPSA) is 72.9 Å². The van der Waals surface area contributed by atoms with E-state index in [9.17, 15) is 8.42 Å². The van der Waals surface area contributed by atoms with Gasteiger partial charge in [-0.1, -0.05) is 26.0 Å². The van der Waals surface area contributed by atoms with Crippen molar-refractivity contribution >= 4 is 21.7 Å². The van der Waals surface area contributed by atoms with Crippen LogP contribution in [0.2, 0.25) is 0 Å². The van der Waals surface area contributed by atoms with Crippen LogP contribution in [0.4, 0.5) is 11.6 Å². The van der Waals surface area contributed by atoms with Crippen molar-refractivity contribution in [1.29, 1.82) is 0 Å². The summed E-state index contributed by atoms with van der Waals surface area (Å²) in [6, 6.07) is 11.2. The van der Waals surface area contributed by atoms with E-state index in [1.165, 1.54) is 0 Å². The highest BCUT2D eigenvalue weighted by Gasteiger charge is 2.29. The Morgan fingerprint density at radius 3 is 1.71 bits per heavy atom. The van der Waals surface area contributed by atoms with E-state index in [0.29, 0.717) is 31.1 Å². The molecule has 0 spiro atoms. The number of rotatable bonds is 6. The first kappa shape index (κ1) is 22.0.